The zero-order valence-corrected chi connectivity index (χ0v) is 15.0. The SMILES string of the molecule is COc1ccc(Cl)cc1C(=O)N(CN1CCCC1=O)c1ccc(F)cc1. The molecule has 0 unspecified atom stereocenters. The molecule has 0 aliphatic carbocycles. The third-order valence-electron chi connectivity index (χ3n) is 4.26. The molecule has 1 aliphatic rings. The van der Waals surface area contributed by atoms with Gasteiger partial charge in [0.1, 0.15) is 18.2 Å². The molecule has 0 aromatic heterocycles. The standard InChI is InChI=1S/C19H18ClFN2O3/c1-26-17-9-4-13(20)11-16(17)19(25)23(12-22-10-2-3-18(22)24)15-7-5-14(21)6-8-15/h4-9,11H,2-3,10,12H2,1H3. The topological polar surface area (TPSA) is 49.9 Å². The molecule has 2 aromatic rings. The summed E-state index contributed by atoms with van der Waals surface area (Å²) in [5.74, 6) is -0.420. The molecule has 0 spiro atoms. The summed E-state index contributed by atoms with van der Waals surface area (Å²) in [4.78, 5) is 28.3. The molecule has 0 radical (unpaired) electrons. The van der Waals surface area contributed by atoms with Crippen molar-refractivity contribution >= 4 is 29.1 Å². The second kappa shape index (κ2) is 7.74. The van der Waals surface area contributed by atoms with E-state index in [0.717, 1.165) is 6.42 Å². The molecule has 1 saturated heterocycles. The lowest BCUT2D eigenvalue weighted by molar-refractivity contribution is -0.127. The molecule has 7 heteroatoms. The number of carbonyl (C=O) groups is 2. The zero-order chi connectivity index (χ0) is 18.7. The number of benzene rings is 2. The largest absolute Gasteiger partial charge is 0.496 e. The molecule has 0 N–H and O–H groups in total. The van der Waals surface area contributed by atoms with E-state index in [-0.39, 0.29) is 24.0 Å². The lowest BCUT2D eigenvalue weighted by atomic mass is 10.1. The van der Waals surface area contributed by atoms with Crippen molar-refractivity contribution in [2.45, 2.75) is 12.8 Å². The van der Waals surface area contributed by atoms with Crippen molar-refractivity contribution in [1.29, 1.82) is 0 Å². The Morgan fingerprint density at radius 1 is 1.27 bits per heavy atom. The smallest absolute Gasteiger partial charge is 0.263 e. The quantitative estimate of drug-likeness (QED) is 0.799. The van der Waals surface area contributed by atoms with Crippen LogP contribution in [-0.2, 0) is 4.79 Å². The minimum absolute atomic E-state index is 0.0111. The van der Waals surface area contributed by atoms with Crippen LogP contribution in [0, 0.1) is 5.82 Å². The Morgan fingerprint density at radius 2 is 2.00 bits per heavy atom. The van der Waals surface area contributed by atoms with Crippen molar-refractivity contribution in [1.82, 2.24) is 4.90 Å². The molecule has 0 saturated carbocycles. The minimum Gasteiger partial charge on any atom is -0.496 e. The molecule has 1 aliphatic heterocycles. The maximum Gasteiger partial charge on any atom is 0.263 e. The number of ether oxygens (including phenoxy) is 1. The van der Waals surface area contributed by atoms with Crippen LogP contribution >= 0.6 is 11.6 Å². The normalized spacial score (nSPS) is 13.8. The molecule has 3 rings (SSSR count). The number of likely N-dealkylation sites (tertiary alicyclic amines) is 1. The number of hydrogen-bond donors (Lipinski definition) is 0. The van der Waals surface area contributed by atoms with Gasteiger partial charge in [0.05, 0.1) is 12.7 Å². The van der Waals surface area contributed by atoms with Gasteiger partial charge in [-0.25, -0.2) is 4.39 Å². The summed E-state index contributed by atoms with van der Waals surface area (Å²) in [6.45, 7) is 0.662. The Labute approximate surface area is 155 Å². The number of methoxy groups -OCH3 is 1. The van der Waals surface area contributed by atoms with Gasteiger partial charge in [-0.3, -0.25) is 14.5 Å². The molecule has 1 fully saturated rings. The Morgan fingerprint density at radius 3 is 2.62 bits per heavy atom. The Hall–Kier alpha value is -2.60. The van der Waals surface area contributed by atoms with E-state index in [9.17, 15) is 14.0 Å². The summed E-state index contributed by atoms with van der Waals surface area (Å²) in [5, 5.41) is 0.394. The molecular formula is C19H18ClFN2O3. The highest BCUT2D eigenvalue weighted by molar-refractivity contribution is 6.31. The van der Waals surface area contributed by atoms with E-state index in [1.54, 1.807) is 17.0 Å². The van der Waals surface area contributed by atoms with Crippen molar-refractivity contribution in [3.8, 4) is 5.75 Å². The molecule has 26 heavy (non-hydrogen) atoms. The first-order valence-electron chi connectivity index (χ1n) is 8.18. The van der Waals surface area contributed by atoms with Gasteiger partial charge in [-0.2, -0.15) is 0 Å². The van der Waals surface area contributed by atoms with Gasteiger partial charge >= 0.3 is 0 Å². The number of amides is 2. The Bertz CT molecular complexity index is 826. The highest BCUT2D eigenvalue weighted by Crippen LogP contribution is 2.27. The van der Waals surface area contributed by atoms with Crippen LogP contribution in [0.25, 0.3) is 0 Å². The van der Waals surface area contributed by atoms with Gasteiger partial charge in [-0.1, -0.05) is 11.6 Å². The van der Waals surface area contributed by atoms with Crippen molar-refractivity contribution in [3.63, 3.8) is 0 Å². The van der Waals surface area contributed by atoms with Crippen molar-refractivity contribution in [2.75, 3.05) is 25.2 Å². The van der Waals surface area contributed by atoms with Gasteiger partial charge < -0.3 is 9.64 Å². The number of hydrogen-bond acceptors (Lipinski definition) is 3. The third kappa shape index (κ3) is 3.80. The average molecular weight is 377 g/mol. The van der Waals surface area contributed by atoms with E-state index in [0.29, 0.717) is 29.4 Å². The van der Waals surface area contributed by atoms with Crippen molar-refractivity contribution in [3.05, 3.63) is 58.9 Å². The predicted molar refractivity (Wildman–Crippen MR) is 97.0 cm³/mol. The number of rotatable bonds is 5. The first kappa shape index (κ1) is 18.2. The Balaban J connectivity index is 1.99. The van der Waals surface area contributed by atoms with Gasteiger partial charge in [0.2, 0.25) is 5.91 Å². The molecule has 2 amide bonds. The maximum atomic E-state index is 13.3. The van der Waals surface area contributed by atoms with E-state index < -0.39 is 5.82 Å². The monoisotopic (exact) mass is 376 g/mol. The first-order valence-corrected chi connectivity index (χ1v) is 8.56. The van der Waals surface area contributed by atoms with Crippen molar-refractivity contribution in [2.24, 2.45) is 0 Å². The average Bonchev–Trinajstić information content (AvgIpc) is 3.04. The van der Waals surface area contributed by atoms with Crippen molar-refractivity contribution < 1.29 is 18.7 Å². The fourth-order valence-electron chi connectivity index (χ4n) is 2.90. The summed E-state index contributed by atoms with van der Waals surface area (Å²) in [6.07, 6.45) is 1.22. The van der Waals surface area contributed by atoms with E-state index in [1.165, 1.54) is 42.3 Å². The maximum absolute atomic E-state index is 13.3. The van der Waals surface area contributed by atoms with Crippen LogP contribution in [0.4, 0.5) is 10.1 Å². The van der Waals surface area contributed by atoms with Crippen LogP contribution in [0.2, 0.25) is 5.02 Å². The summed E-state index contributed by atoms with van der Waals surface area (Å²) in [7, 11) is 1.46. The van der Waals surface area contributed by atoms with Gasteiger partial charge in [0, 0.05) is 23.7 Å². The zero-order valence-electron chi connectivity index (χ0n) is 14.2. The minimum atomic E-state index is -0.404. The van der Waals surface area contributed by atoms with Crippen LogP contribution in [-0.4, -0.2) is 37.0 Å². The number of halogens is 2. The van der Waals surface area contributed by atoms with E-state index >= 15 is 0 Å². The van der Waals surface area contributed by atoms with Crippen LogP contribution < -0.4 is 9.64 Å². The van der Waals surface area contributed by atoms with Crippen LogP contribution in [0.15, 0.2) is 42.5 Å². The van der Waals surface area contributed by atoms with E-state index in [2.05, 4.69) is 0 Å². The third-order valence-corrected chi connectivity index (χ3v) is 4.49. The Kier molecular flexibility index (Phi) is 5.42. The summed E-state index contributed by atoms with van der Waals surface area (Å²) in [5.41, 5.74) is 0.758. The molecule has 0 atom stereocenters. The number of anilines is 1. The fourth-order valence-corrected chi connectivity index (χ4v) is 3.07. The second-order valence-corrected chi connectivity index (χ2v) is 6.39. The lowest BCUT2D eigenvalue weighted by Gasteiger charge is -2.28. The van der Waals surface area contributed by atoms with Gasteiger partial charge in [-0.15, -0.1) is 0 Å². The lowest BCUT2D eigenvalue weighted by Crippen LogP contribution is -2.42. The van der Waals surface area contributed by atoms with Gasteiger partial charge in [-0.05, 0) is 48.9 Å². The first-order chi connectivity index (χ1) is 12.5. The van der Waals surface area contributed by atoms with Gasteiger partial charge in [0.25, 0.3) is 5.91 Å². The highest BCUT2D eigenvalue weighted by Gasteiger charge is 2.28. The predicted octanol–water partition coefficient (Wildman–Crippen LogP) is 3.71. The second-order valence-electron chi connectivity index (χ2n) is 5.96. The number of carbonyl (C=O) groups excluding carboxylic acids is 2. The molecular weight excluding hydrogens is 359 g/mol. The number of nitrogens with zero attached hydrogens (tertiary/aromatic N) is 2. The summed E-state index contributed by atoms with van der Waals surface area (Å²) >= 11 is 6.04. The van der Waals surface area contributed by atoms with E-state index in [1.807, 2.05) is 0 Å². The summed E-state index contributed by atoms with van der Waals surface area (Å²) < 4.78 is 18.6. The molecule has 2 aromatic carbocycles. The molecule has 0 bridgehead atoms. The van der Waals surface area contributed by atoms with Gasteiger partial charge in [0.15, 0.2) is 0 Å². The highest BCUT2D eigenvalue weighted by atomic mass is 35.5. The summed E-state index contributed by atoms with van der Waals surface area (Å²) in [6, 6.07) is 10.3. The molecule has 1 heterocycles. The fraction of sp³-hybridized carbons (Fsp3) is 0.263. The van der Waals surface area contributed by atoms with Crippen LogP contribution in [0.3, 0.4) is 0 Å². The molecule has 136 valence electrons. The molecule has 5 nitrogen and oxygen atoms in total. The van der Waals surface area contributed by atoms with Crippen LogP contribution in [0.5, 0.6) is 5.75 Å². The van der Waals surface area contributed by atoms with E-state index in [4.69, 9.17) is 16.3 Å². The van der Waals surface area contributed by atoms with Crippen LogP contribution in [0.1, 0.15) is 23.2 Å².